The number of ether oxygens (including phenoxy) is 1. The van der Waals surface area contributed by atoms with E-state index in [-0.39, 0.29) is 18.4 Å². The standard InChI is InChI=1S/C10H9NO2.ClH/c1-13-10(12)8-3-2-7-4-5-11-9(7)6-8;/h2-6,11H,1H3;1H. The monoisotopic (exact) mass is 211 g/mol. The first-order valence-electron chi connectivity index (χ1n) is 3.97. The molecule has 0 saturated heterocycles. The summed E-state index contributed by atoms with van der Waals surface area (Å²) in [6.07, 6.45) is 1.84. The Bertz CT molecular complexity index is 450. The van der Waals surface area contributed by atoms with Crippen molar-refractivity contribution in [1.29, 1.82) is 0 Å². The summed E-state index contributed by atoms with van der Waals surface area (Å²) in [5.74, 6) is -0.309. The Hall–Kier alpha value is -1.48. The molecule has 0 saturated carbocycles. The van der Waals surface area contributed by atoms with E-state index in [1.807, 2.05) is 18.3 Å². The third kappa shape index (κ3) is 1.72. The highest BCUT2D eigenvalue weighted by molar-refractivity contribution is 5.94. The highest BCUT2D eigenvalue weighted by Gasteiger charge is 2.05. The van der Waals surface area contributed by atoms with Crippen LogP contribution in [0.2, 0.25) is 0 Å². The first kappa shape index (κ1) is 10.6. The summed E-state index contributed by atoms with van der Waals surface area (Å²) >= 11 is 0. The van der Waals surface area contributed by atoms with Crippen molar-refractivity contribution >= 4 is 29.3 Å². The lowest BCUT2D eigenvalue weighted by Gasteiger charge is -1.98. The average Bonchev–Trinajstić information content (AvgIpc) is 2.63. The first-order chi connectivity index (χ1) is 6.31. The summed E-state index contributed by atoms with van der Waals surface area (Å²) in [7, 11) is 1.38. The Kier molecular flexibility index (Phi) is 3.14. The van der Waals surface area contributed by atoms with Crippen molar-refractivity contribution in [1.82, 2.24) is 4.98 Å². The quantitative estimate of drug-likeness (QED) is 0.736. The number of methoxy groups -OCH3 is 1. The van der Waals surface area contributed by atoms with E-state index in [0.29, 0.717) is 5.56 Å². The van der Waals surface area contributed by atoms with Gasteiger partial charge in [0.05, 0.1) is 12.7 Å². The van der Waals surface area contributed by atoms with Crippen LogP contribution >= 0.6 is 12.4 Å². The second-order valence-corrected chi connectivity index (χ2v) is 2.77. The van der Waals surface area contributed by atoms with Crippen LogP contribution in [0.5, 0.6) is 0 Å². The summed E-state index contributed by atoms with van der Waals surface area (Å²) < 4.78 is 4.61. The summed E-state index contributed by atoms with van der Waals surface area (Å²) in [5, 5.41) is 1.09. The van der Waals surface area contributed by atoms with Crippen molar-refractivity contribution in [3.63, 3.8) is 0 Å². The van der Waals surface area contributed by atoms with E-state index in [4.69, 9.17) is 0 Å². The fourth-order valence-electron chi connectivity index (χ4n) is 1.29. The summed E-state index contributed by atoms with van der Waals surface area (Å²) in [4.78, 5) is 14.2. The van der Waals surface area contributed by atoms with Crippen LogP contribution in [0.4, 0.5) is 0 Å². The van der Waals surface area contributed by atoms with Gasteiger partial charge in [0.2, 0.25) is 0 Å². The third-order valence-corrected chi connectivity index (χ3v) is 1.98. The molecule has 0 fully saturated rings. The Balaban J connectivity index is 0.000000980. The molecule has 1 N–H and O–H groups in total. The van der Waals surface area contributed by atoms with Crippen LogP contribution in [0, 0.1) is 0 Å². The molecule has 0 aliphatic carbocycles. The number of fused-ring (bicyclic) bond motifs is 1. The predicted octanol–water partition coefficient (Wildman–Crippen LogP) is 2.38. The molecule has 74 valence electrons. The molecular weight excluding hydrogens is 202 g/mol. The van der Waals surface area contributed by atoms with Crippen molar-refractivity contribution in [3.8, 4) is 0 Å². The van der Waals surface area contributed by atoms with Gasteiger partial charge in [0.25, 0.3) is 0 Å². The third-order valence-electron chi connectivity index (χ3n) is 1.98. The van der Waals surface area contributed by atoms with Crippen LogP contribution in [-0.2, 0) is 4.74 Å². The lowest BCUT2D eigenvalue weighted by molar-refractivity contribution is 0.0601. The number of benzene rings is 1. The van der Waals surface area contributed by atoms with Gasteiger partial charge in [-0.3, -0.25) is 0 Å². The number of hydrogen-bond donors (Lipinski definition) is 1. The second kappa shape index (κ2) is 4.15. The fourth-order valence-corrected chi connectivity index (χ4v) is 1.29. The van der Waals surface area contributed by atoms with Gasteiger partial charge in [-0.15, -0.1) is 12.4 Å². The molecule has 0 bridgehead atoms. The molecule has 1 aromatic carbocycles. The fraction of sp³-hybridized carbons (Fsp3) is 0.100. The van der Waals surface area contributed by atoms with Gasteiger partial charge in [0.1, 0.15) is 0 Å². The van der Waals surface area contributed by atoms with E-state index >= 15 is 0 Å². The SMILES string of the molecule is COC(=O)c1ccc2cc[nH]c2c1.Cl. The van der Waals surface area contributed by atoms with Crippen LogP contribution in [0.25, 0.3) is 10.9 Å². The lowest BCUT2D eigenvalue weighted by atomic mass is 10.2. The molecule has 2 aromatic rings. The minimum Gasteiger partial charge on any atom is -0.465 e. The molecule has 0 aliphatic rings. The molecule has 0 unspecified atom stereocenters. The number of nitrogens with one attached hydrogen (secondary N) is 1. The number of hydrogen-bond acceptors (Lipinski definition) is 2. The van der Waals surface area contributed by atoms with Crippen LogP contribution < -0.4 is 0 Å². The van der Waals surface area contributed by atoms with Gasteiger partial charge in [0.15, 0.2) is 0 Å². The number of aromatic amines is 1. The van der Waals surface area contributed by atoms with E-state index in [0.717, 1.165) is 10.9 Å². The predicted molar refractivity (Wildman–Crippen MR) is 56.9 cm³/mol. The van der Waals surface area contributed by atoms with Crippen molar-refractivity contribution in [2.45, 2.75) is 0 Å². The van der Waals surface area contributed by atoms with Crippen molar-refractivity contribution in [2.75, 3.05) is 7.11 Å². The van der Waals surface area contributed by atoms with Crippen molar-refractivity contribution < 1.29 is 9.53 Å². The maximum absolute atomic E-state index is 11.1. The molecule has 2 rings (SSSR count). The van der Waals surface area contributed by atoms with Crippen LogP contribution in [0.1, 0.15) is 10.4 Å². The molecule has 0 aliphatic heterocycles. The number of carbonyl (C=O) groups is 1. The van der Waals surface area contributed by atoms with Crippen LogP contribution in [0.3, 0.4) is 0 Å². The number of esters is 1. The van der Waals surface area contributed by atoms with Gasteiger partial charge in [-0.2, -0.15) is 0 Å². The molecule has 0 amide bonds. The highest BCUT2D eigenvalue weighted by atomic mass is 35.5. The van der Waals surface area contributed by atoms with Gasteiger partial charge in [-0.1, -0.05) is 6.07 Å². The number of halogens is 1. The molecule has 4 heteroatoms. The minimum absolute atomic E-state index is 0. The van der Waals surface area contributed by atoms with Gasteiger partial charge >= 0.3 is 5.97 Å². The molecule has 14 heavy (non-hydrogen) atoms. The maximum Gasteiger partial charge on any atom is 0.337 e. The smallest absolute Gasteiger partial charge is 0.337 e. The molecule has 3 nitrogen and oxygen atoms in total. The maximum atomic E-state index is 11.1. The van der Waals surface area contributed by atoms with Gasteiger partial charge < -0.3 is 9.72 Å². The van der Waals surface area contributed by atoms with E-state index < -0.39 is 0 Å². The average molecular weight is 212 g/mol. The zero-order valence-electron chi connectivity index (χ0n) is 7.61. The van der Waals surface area contributed by atoms with Crippen LogP contribution in [-0.4, -0.2) is 18.1 Å². The molecule has 1 heterocycles. The van der Waals surface area contributed by atoms with Crippen LogP contribution in [0.15, 0.2) is 30.5 Å². The minimum atomic E-state index is -0.309. The Labute approximate surface area is 87.5 Å². The molecular formula is C10H10ClNO2. The van der Waals surface area contributed by atoms with E-state index in [1.165, 1.54) is 7.11 Å². The van der Waals surface area contributed by atoms with Gasteiger partial charge in [0, 0.05) is 11.7 Å². The number of H-pyrrole nitrogens is 1. The first-order valence-corrected chi connectivity index (χ1v) is 3.97. The topological polar surface area (TPSA) is 42.1 Å². The number of carbonyl (C=O) groups excluding carboxylic acids is 1. The van der Waals surface area contributed by atoms with Crippen molar-refractivity contribution in [3.05, 3.63) is 36.0 Å². The second-order valence-electron chi connectivity index (χ2n) is 2.77. The summed E-state index contributed by atoms with van der Waals surface area (Å²) in [5.41, 5.74) is 1.51. The molecule has 0 radical (unpaired) electrons. The molecule has 0 spiro atoms. The molecule has 1 aromatic heterocycles. The van der Waals surface area contributed by atoms with E-state index in [1.54, 1.807) is 12.1 Å². The summed E-state index contributed by atoms with van der Waals surface area (Å²) in [6.45, 7) is 0. The summed E-state index contributed by atoms with van der Waals surface area (Å²) in [6, 6.07) is 7.37. The normalized spacial score (nSPS) is 9.50. The van der Waals surface area contributed by atoms with E-state index in [2.05, 4.69) is 9.72 Å². The Morgan fingerprint density at radius 1 is 1.36 bits per heavy atom. The Morgan fingerprint density at radius 3 is 2.86 bits per heavy atom. The Morgan fingerprint density at radius 2 is 2.14 bits per heavy atom. The zero-order chi connectivity index (χ0) is 9.26. The number of rotatable bonds is 1. The van der Waals surface area contributed by atoms with E-state index in [9.17, 15) is 4.79 Å². The lowest BCUT2D eigenvalue weighted by Crippen LogP contribution is -2.00. The van der Waals surface area contributed by atoms with Gasteiger partial charge in [-0.25, -0.2) is 4.79 Å². The van der Waals surface area contributed by atoms with Crippen molar-refractivity contribution in [2.24, 2.45) is 0 Å². The molecule has 0 atom stereocenters. The largest absolute Gasteiger partial charge is 0.465 e. The van der Waals surface area contributed by atoms with Gasteiger partial charge in [-0.05, 0) is 23.6 Å². The highest BCUT2D eigenvalue weighted by Crippen LogP contribution is 2.14. The number of aromatic nitrogens is 1. The zero-order valence-corrected chi connectivity index (χ0v) is 8.43.